The summed E-state index contributed by atoms with van der Waals surface area (Å²) in [5.41, 5.74) is 7.22. The summed E-state index contributed by atoms with van der Waals surface area (Å²) in [6, 6.07) is 9.92. The van der Waals surface area contributed by atoms with Gasteiger partial charge in [-0.1, -0.05) is 23.4 Å². The first kappa shape index (κ1) is 12.6. The fraction of sp³-hybridized carbons (Fsp3) is 0.214. The van der Waals surface area contributed by atoms with Crippen LogP contribution in [0.3, 0.4) is 0 Å². The summed E-state index contributed by atoms with van der Waals surface area (Å²) in [5.74, 6) is 0.753. The second kappa shape index (κ2) is 5.66. The molecule has 0 unspecified atom stereocenters. The average molecular weight is 269 g/mol. The van der Waals surface area contributed by atoms with Crippen molar-refractivity contribution < 1.29 is 4.74 Å². The zero-order valence-electron chi connectivity index (χ0n) is 10.9. The van der Waals surface area contributed by atoms with Crippen molar-refractivity contribution in [2.75, 3.05) is 6.61 Å². The number of hydrogen-bond acceptors (Lipinski definition) is 5. The zero-order chi connectivity index (χ0) is 13.8. The van der Waals surface area contributed by atoms with Gasteiger partial charge in [-0.2, -0.15) is 0 Å². The van der Waals surface area contributed by atoms with Crippen LogP contribution in [0.4, 0.5) is 0 Å². The topological polar surface area (TPSA) is 78.9 Å². The van der Waals surface area contributed by atoms with E-state index in [0.29, 0.717) is 19.7 Å². The molecule has 0 aliphatic carbocycles. The summed E-state index contributed by atoms with van der Waals surface area (Å²) < 4.78 is 7.40. The third-order valence-electron chi connectivity index (χ3n) is 2.95. The van der Waals surface area contributed by atoms with Gasteiger partial charge in [0.2, 0.25) is 0 Å². The van der Waals surface area contributed by atoms with Crippen LogP contribution in [-0.4, -0.2) is 26.6 Å². The van der Waals surface area contributed by atoms with Gasteiger partial charge in [0.1, 0.15) is 12.4 Å². The van der Waals surface area contributed by atoms with Gasteiger partial charge in [0, 0.05) is 18.1 Å². The van der Waals surface area contributed by atoms with Crippen LogP contribution in [0.2, 0.25) is 0 Å². The van der Waals surface area contributed by atoms with Crippen molar-refractivity contribution in [3.05, 3.63) is 48.4 Å². The highest BCUT2D eigenvalue weighted by molar-refractivity contribution is 5.79. The quantitative estimate of drug-likeness (QED) is 0.756. The van der Waals surface area contributed by atoms with Crippen LogP contribution in [0.1, 0.15) is 5.69 Å². The van der Waals surface area contributed by atoms with Crippen molar-refractivity contribution in [3.63, 3.8) is 0 Å². The monoisotopic (exact) mass is 269 g/mol. The Morgan fingerprint density at radius 1 is 1.25 bits per heavy atom. The molecule has 0 aliphatic rings. The molecule has 2 aromatic heterocycles. The van der Waals surface area contributed by atoms with Crippen LogP contribution >= 0.6 is 0 Å². The molecule has 0 saturated heterocycles. The third kappa shape index (κ3) is 2.75. The minimum absolute atomic E-state index is 0.398. The highest BCUT2D eigenvalue weighted by Crippen LogP contribution is 2.17. The SMILES string of the molecule is NCc1cn(CCOc2cnc3ccccc3c2)nn1. The molecule has 6 heteroatoms. The van der Waals surface area contributed by atoms with Crippen molar-refractivity contribution in [2.45, 2.75) is 13.1 Å². The number of pyridine rings is 1. The van der Waals surface area contributed by atoms with Gasteiger partial charge in [-0.15, -0.1) is 5.10 Å². The van der Waals surface area contributed by atoms with E-state index in [0.717, 1.165) is 22.3 Å². The largest absolute Gasteiger partial charge is 0.490 e. The average Bonchev–Trinajstić information content (AvgIpc) is 2.95. The zero-order valence-corrected chi connectivity index (χ0v) is 10.9. The molecule has 1 aromatic carbocycles. The van der Waals surface area contributed by atoms with E-state index < -0.39 is 0 Å². The van der Waals surface area contributed by atoms with Crippen molar-refractivity contribution in [3.8, 4) is 5.75 Å². The lowest BCUT2D eigenvalue weighted by Crippen LogP contribution is -2.09. The maximum Gasteiger partial charge on any atom is 0.138 e. The van der Waals surface area contributed by atoms with Crippen molar-refractivity contribution in [1.82, 2.24) is 20.0 Å². The minimum atomic E-state index is 0.398. The number of nitrogens with two attached hydrogens (primary N) is 1. The van der Waals surface area contributed by atoms with E-state index in [9.17, 15) is 0 Å². The fourth-order valence-corrected chi connectivity index (χ4v) is 1.93. The highest BCUT2D eigenvalue weighted by Gasteiger charge is 2.00. The lowest BCUT2D eigenvalue weighted by atomic mass is 10.2. The predicted molar refractivity (Wildman–Crippen MR) is 75.2 cm³/mol. The normalized spacial score (nSPS) is 10.8. The Labute approximate surface area is 116 Å². The molecule has 6 nitrogen and oxygen atoms in total. The summed E-state index contributed by atoms with van der Waals surface area (Å²) in [7, 11) is 0. The first-order valence-corrected chi connectivity index (χ1v) is 6.42. The van der Waals surface area contributed by atoms with Gasteiger partial charge in [-0.05, 0) is 12.1 Å². The lowest BCUT2D eigenvalue weighted by molar-refractivity contribution is 0.289. The molecule has 0 atom stereocenters. The molecule has 3 aromatic rings. The molecule has 0 fully saturated rings. The molecule has 0 aliphatic heterocycles. The van der Waals surface area contributed by atoms with E-state index in [2.05, 4.69) is 15.3 Å². The number of aromatic nitrogens is 4. The van der Waals surface area contributed by atoms with Crippen molar-refractivity contribution >= 4 is 10.9 Å². The molecular weight excluding hydrogens is 254 g/mol. The summed E-state index contributed by atoms with van der Waals surface area (Å²) in [6.45, 7) is 1.53. The molecule has 0 amide bonds. The summed E-state index contributed by atoms with van der Waals surface area (Å²) >= 11 is 0. The number of nitrogens with zero attached hydrogens (tertiary/aromatic N) is 4. The molecule has 3 rings (SSSR count). The van der Waals surface area contributed by atoms with E-state index >= 15 is 0 Å². The maximum absolute atomic E-state index is 5.68. The van der Waals surface area contributed by atoms with Gasteiger partial charge >= 0.3 is 0 Å². The molecule has 2 heterocycles. The van der Waals surface area contributed by atoms with E-state index in [1.165, 1.54) is 0 Å². The molecule has 0 saturated carbocycles. The molecule has 2 N–H and O–H groups in total. The standard InChI is InChI=1S/C14H15N5O/c15-8-12-10-19(18-17-12)5-6-20-13-7-11-3-1-2-4-14(11)16-9-13/h1-4,7,9-10H,5-6,8,15H2. The Morgan fingerprint density at radius 3 is 3.00 bits per heavy atom. The van der Waals surface area contributed by atoms with E-state index in [1.807, 2.05) is 36.5 Å². The van der Waals surface area contributed by atoms with E-state index in [4.69, 9.17) is 10.5 Å². The van der Waals surface area contributed by atoms with Gasteiger partial charge in [-0.3, -0.25) is 4.98 Å². The highest BCUT2D eigenvalue weighted by atomic mass is 16.5. The first-order valence-electron chi connectivity index (χ1n) is 6.42. The first-order chi connectivity index (χ1) is 9.85. The van der Waals surface area contributed by atoms with Gasteiger partial charge < -0.3 is 10.5 Å². The van der Waals surface area contributed by atoms with Crippen molar-refractivity contribution in [2.24, 2.45) is 5.73 Å². The number of para-hydroxylation sites is 1. The molecule has 102 valence electrons. The molecule has 0 spiro atoms. The summed E-state index contributed by atoms with van der Waals surface area (Å²) in [4.78, 5) is 4.35. The Morgan fingerprint density at radius 2 is 2.15 bits per heavy atom. The van der Waals surface area contributed by atoms with Crippen molar-refractivity contribution in [1.29, 1.82) is 0 Å². The predicted octanol–water partition coefficient (Wildman–Crippen LogP) is 1.36. The number of rotatable bonds is 5. The molecular formula is C14H15N5O. The number of hydrogen-bond donors (Lipinski definition) is 1. The minimum Gasteiger partial charge on any atom is -0.490 e. The van der Waals surface area contributed by atoms with Crippen LogP contribution in [0.5, 0.6) is 5.75 Å². The molecule has 0 radical (unpaired) electrons. The van der Waals surface area contributed by atoms with Gasteiger partial charge in [-0.25, -0.2) is 4.68 Å². The van der Waals surface area contributed by atoms with Gasteiger partial charge in [0.05, 0.1) is 24.0 Å². The van der Waals surface area contributed by atoms with E-state index in [1.54, 1.807) is 10.9 Å². The molecule has 0 bridgehead atoms. The lowest BCUT2D eigenvalue weighted by Gasteiger charge is -2.06. The second-order valence-corrected chi connectivity index (χ2v) is 4.39. The fourth-order valence-electron chi connectivity index (χ4n) is 1.93. The van der Waals surface area contributed by atoms with Gasteiger partial charge in [0.25, 0.3) is 0 Å². The number of benzene rings is 1. The van der Waals surface area contributed by atoms with Crippen LogP contribution < -0.4 is 10.5 Å². The maximum atomic E-state index is 5.68. The number of ether oxygens (including phenoxy) is 1. The number of fused-ring (bicyclic) bond motifs is 1. The van der Waals surface area contributed by atoms with E-state index in [-0.39, 0.29) is 0 Å². The second-order valence-electron chi connectivity index (χ2n) is 4.39. The Hall–Kier alpha value is -2.47. The van der Waals surface area contributed by atoms with Crippen LogP contribution in [-0.2, 0) is 13.1 Å². The summed E-state index contributed by atoms with van der Waals surface area (Å²) in [6.07, 6.45) is 3.55. The van der Waals surface area contributed by atoms with Crippen LogP contribution in [0.15, 0.2) is 42.7 Å². The van der Waals surface area contributed by atoms with Gasteiger partial charge in [0.15, 0.2) is 0 Å². The van der Waals surface area contributed by atoms with Crippen LogP contribution in [0, 0.1) is 0 Å². The smallest absolute Gasteiger partial charge is 0.138 e. The Balaban J connectivity index is 1.62. The Kier molecular flexibility index (Phi) is 3.56. The van der Waals surface area contributed by atoms with Crippen LogP contribution in [0.25, 0.3) is 10.9 Å². The molecule has 20 heavy (non-hydrogen) atoms. The Bertz CT molecular complexity index is 709. The third-order valence-corrected chi connectivity index (χ3v) is 2.95. The summed E-state index contributed by atoms with van der Waals surface area (Å²) in [5, 5.41) is 8.95.